The molecular formula is C21H23N3O3. The fraction of sp³-hybridized carbons (Fsp3) is 0.286. The maximum atomic E-state index is 12.7. The van der Waals surface area contributed by atoms with Gasteiger partial charge in [-0.05, 0) is 68.7 Å². The quantitative estimate of drug-likeness (QED) is 0.808. The number of carbonyl (C=O) groups is 3. The first kappa shape index (κ1) is 18.6. The molecule has 0 saturated carbocycles. The molecule has 0 bridgehead atoms. The zero-order chi connectivity index (χ0) is 19.4. The molecule has 1 aliphatic rings. The largest absolute Gasteiger partial charge is 0.324 e. The molecule has 0 aliphatic carbocycles. The Morgan fingerprint density at radius 2 is 1.74 bits per heavy atom. The van der Waals surface area contributed by atoms with Crippen LogP contribution in [0.5, 0.6) is 0 Å². The normalized spacial score (nSPS) is 16.1. The first-order valence-corrected chi connectivity index (χ1v) is 9.00. The summed E-state index contributed by atoms with van der Waals surface area (Å²) in [5.41, 5.74) is 2.97. The van der Waals surface area contributed by atoms with E-state index in [0.717, 1.165) is 12.0 Å². The van der Waals surface area contributed by atoms with Crippen molar-refractivity contribution >= 4 is 29.1 Å². The lowest BCUT2D eigenvalue weighted by Crippen LogP contribution is -2.45. The van der Waals surface area contributed by atoms with Crippen LogP contribution in [-0.2, 0) is 4.79 Å². The third-order valence-electron chi connectivity index (χ3n) is 4.64. The number of carbonyl (C=O) groups excluding carboxylic acids is 3. The van der Waals surface area contributed by atoms with Gasteiger partial charge in [-0.3, -0.25) is 9.59 Å². The van der Waals surface area contributed by atoms with Gasteiger partial charge in [-0.2, -0.15) is 0 Å². The van der Waals surface area contributed by atoms with Crippen molar-refractivity contribution in [1.29, 1.82) is 0 Å². The Bertz CT molecular complexity index is 861. The van der Waals surface area contributed by atoms with Crippen LogP contribution in [-0.4, -0.2) is 35.2 Å². The predicted octanol–water partition coefficient (Wildman–Crippen LogP) is 3.83. The smallest absolute Gasteiger partial charge is 0.322 e. The molecule has 27 heavy (non-hydrogen) atoms. The SMILES string of the molecule is CC(=O)c1ccc(NC(=O)[C@H]2CCCN2C(=O)Nc2cccc(C)c2)cc1. The second kappa shape index (κ2) is 8.03. The van der Waals surface area contributed by atoms with Gasteiger partial charge in [0.25, 0.3) is 0 Å². The number of nitrogens with zero attached hydrogens (tertiary/aromatic N) is 1. The molecule has 1 heterocycles. The van der Waals surface area contributed by atoms with Crippen molar-refractivity contribution in [2.45, 2.75) is 32.7 Å². The molecule has 3 amide bonds. The zero-order valence-electron chi connectivity index (χ0n) is 15.5. The highest BCUT2D eigenvalue weighted by Crippen LogP contribution is 2.21. The fourth-order valence-corrected chi connectivity index (χ4v) is 3.21. The van der Waals surface area contributed by atoms with Gasteiger partial charge in [-0.1, -0.05) is 12.1 Å². The Kier molecular flexibility index (Phi) is 5.54. The van der Waals surface area contributed by atoms with Crippen molar-refractivity contribution in [2.75, 3.05) is 17.2 Å². The summed E-state index contributed by atoms with van der Waals surface area (Å²) in [4.78, 5) is 38.2. The van der Waals surface area contributed by atoms with Gasteiger partial charge in [0, 0.05) is 23.5 Å². The minimum atomic E-state index is -0.512. The minimum absolute atomic E-state index is 0.0253. The second-order valence-corrected chi connectivity index (χ2v) is 6.77. The molecule has 3 rings (SSSR count). The maximum absolute atomic E-state index is 12.7. The van der Waals surface area contributed by atoms with Crippen LogP contribution in [0.3, 0.4) is 0 Å². The number of Topliss-reactive ketones (excluding diaryl/α,β-unsaturated/α-hetero) is 1. The number of rotatable bonds is 4. The van der Waals surface area contributed by atoms with Crippen LogP contribution >= 0.6 is 0 Å². The van der Waals surface area contributed by atoms with Crippen molar-refractivity contribution in [1.82, 2.24) is 4.90 Å². The number of amides is 3. The number of aryl methyl sites for hydroxylation is 1. The lowest BCUT2D eigenvalue weighted by molar-refractivity contribution is -0.119. The summed E-state index contributed by atoms with van der Waals surface area (Å²) >= 11 is 0. The Hall–Kier alpha value is -3.15. The third-order valence-corrected chi connectivity index (χ3v) is 4.64. The summed E-state index contributed by atoms with van der Waals surface area (Å²) in [5.74, 6) is -0.245. The van der Waals surface area contributed by atoms with E-state index in [9.17, 15) is 14.4 Å². The van der Waals surface area contributed by atoms with E-state index >= 15 is 0 Å². The van der Waals surface area contributed by atoms with E-state index in [4.69, 9.17) is 0 Å². The van der Waals surface area contributed by atoms with Crippen LogP contribution in [0.25, 0.3) is 0 Å². The van der Waals surface area contributed by atoms with E-state index in [1.54, 1.807) is 29.2 Å². The highest BCUT2D eigenvalue weighted by atomic mass is 16.2. The molecule has 2 N–H and O–H groups in total. The monoisotopic (exact) mass is 365 g/mol. The summed E-state index contributed by atoms with van der Waals surface area (Å²) in [7, 11) is 0. The molecule has 0 spiro atoms. The average Bonchev–Trinajstić information content (AvgIpc) is 3.12. The van der Waals surface area contributed by atoms with E-state index in [2.05, 4.69) is 10.6 Å². The summed E-state index contributed by atoms with van der Waals surface area (Å²) in [6, 6.07) is 13.5. The topological polar surface area (TPSA) is 78.5 Å². The molecule has 6 nitrogen and oxygen atoms in total. The van der Waals surface area contributed by atoms with Crippen LogP contribution in [0.1, 0.15) is 35.7 Å². The highest BCUT2D eigenvalue weighted by Gasteiger charge is 2.34. The first-order chi connectivity index (χ1) is 12.9. The van der Waals surface area contributed by atoms with Crippen molar-refractivity contribution in [3.05, 3.63) is 59.7 Å². The predicted molar refractivity (Wildman–Crippen MR) is 105 cm³/mol. The lowest BCUT2D eigenvalue weighted by atomic mass is 10.1. The van der Waals surface area contributed by atoms with E-state index in [0.29, 0.717) is 29.9 Å². The summed E-state index contributed by atoms with van der Waals surface area (Å²) in [6.07, 6.45) is 1.40. The van der Waals surface area contributed by atoms with Gasteiger partial charge in [0.05, 0.1) is 0 Å². The Labute approximate surface area is 158 Å². The van der Waals surface area contributed by atoms with E-state index in [-0.39, 0.29) is 17.7 Å². The molecule has 1 atom stereocenters. The number of hydrogen-bond acceptors (Lipinski definition) is 3. The fourth-order valence-electron chi connectivity index (χ4n) is 3.21. The van der Waals surface area contributed by atoms with Gasteiger partial charge in [0.1, 0.15) is 6.04 Å². The molecular weight excluding hydrogens is 342 g/mol. The molecule has 0 radical (unpaired) electrons. The molecule has 0 unspecified atom stereocenters. The molecule has 2 aromatic rings. The molecule has 1 aliphatic heterocycles. The van der Waals surface area contributed by atoms with Crippen LogP contribution in [0, 0.1) is 6.92 Å². The maximum Gasteiger partial charge on any atom is 0.322 e. The molecule has 0 aromatic heterocycles. The van der Waals surface area contributed by atoms with Gasteiger partial charge < -0.3 is 15.5 Å². The molecule has 6 heteroatoms. The van der Waals surface area contributed by atoms with Crippen molar-refractivity contribution in [2.24, 2.45) is 0 Å². The zero-order valence-corrected chi connectivity index (χ0v) is 15.5. The van der Waals surface area contributed by atoms with Crippen molar-refractivity contribution < 1.29 is 14.4 Å². The molecule has 1 saturated heterocycles. The van der Waals surface area contributed by atoms with Crippen molar-refractivity contribution in [3.8, 4) is 0 Å². The van der Waals surface area contributed by atoms with Crippen LogP contribution in [0.15, 0.2) is 48.5 Å². The number of anilines is 2. The van der Waals surface area contributed by atoms with Crippen molar-refractivity contribution in [3.63, 3.8) is 0 Å². The molecule has 1 fully saturated rings. The minimum Gasteiger partial charge on any atom is -0.324 e. The van der Waals surface area contributed by atoms with Gasteiger partial charge in [-0.25, -0.2) is 4.79 Å². The van der Waals surface area contributed by atoms with E-state index < -0.39 is 6.04 Å². The lowest BCUT2D eigenvalue weighted by Gasteiger charge is -2.24. The Balaban J connectivity index is 1.65. The van der Waals surface area contributed by atoms with Crippen LogP contribution < -0.4 is 10.6 Å². The first-order valence-electron chi connectivity index (χ1n) is 9.00. The van der Waals surface area contributed by atoms with Gasteiger partial charge in [-0.15, -0.1) is 0 Å². The summed E-state index contributed by atoms with van der Waals surface area (Å²) < 4.78 is 0. The summed E-state index contributed by atoms with van der Waals surface area (Å²) in [6.45, 7) is 4.00. The number of benzene rings is 2. The number of likely N-dealkylation sites (tertiary alicyclic amines) is 1. The summed E-state index contributed by atoms with van der Waals surface area (Å²) in [5, 5.41) is 5.70. The highest BCUT2D eigenvalue weighted by molar-refractivity contribution is 6.00. The number of urea groups is 1. The molecule has 2 aromatic carbocycles. The number of nitrogens with one attached hydrogen (secondary N) is 2. The van der Waals surface area contributed by atoms with Gasteiger partial charge in [0.2, 0.25) is 5.91 Å². The Morgan fingerprint density at radius 3 is 2.41 bits per heavy atom. The van der Waals surface area contributed by atoms with Gasteiger partial charge >= 0.3 is 6.03 Å². The number of ketones is 1. The standard InChI is InChI=1S/C21H23N3O3/c1-14-5-3-6-18(13-14)23-21(27)24-12-4-7-19(24)20(26)22-17-10-8-16(9-11-17)15(2)25/h3,5-6,8-11,13,19H,4,7,12H2,1-2H3,(H,22,26)(H,23,27)/t19-/m1/s1. The molecule has 140 valence electrons. The van der Waals surface area contributed by atoms with Gasteiger partial charge in [0.15, 0.2) is 5.78 Å². The number of hydrogen-bond donors (Lipinski definition) is 2. The second-order valence-electron chi connectivity index (χ2n) is 6.77. The van der Waals surface area contributed by atoms with Crippen LogP contribution in [0.2, 0.25) is 0 Å². The third kappa shape index (κ3) is 4.53. The van der Waals surface area contributed by atoms with E-state index in [1.807, 2.05) is 31.2 Å². The Morgan fingerprint density at radius 1 is 1.00 bits per heavy atom. The average molecular weight is 365 g/mol. The van der Waals surface area contributed by atoms with Crippen LogP contribution in [0.4, 0.5) is 16.2 Å². The van der Waals surface area contributed by atoms with E-state index in [1.165, 1.54) is 6.92 Å².